The van der Waals surface area contributed by atoms with Crippen LogP contribution in [0.4, 0.5) is 11.4 Å². The molecule has 3 N–H and O–H groups in total. The lowest BCUT2D eigenvalue weighted by Crippen LogP contribution is -2.13. The molecule has 3 aromatic carbocycles. The Kier molecular flexibility index (Phi) is 5.08. The number of nitrogens with one attached hydrogen (secondary N) is 1. The summed E-state index contributed by atoms with van der Waals surface area (Å²) in [4.78, 5) is 12.6. The Hall–Kier alpha value is -3.47. The molecular formula is C21H20N2O3. The second-order valence-corrected chi connectivity index (χ2v) is 5.69. The van der Waals surface area contributed by atoms with Gasteiger partial charge in [0.15, 0.2) is 11.5 Å². The summed E-state index contributed by atoms with van der Waals surface area (Å²) in [5.74, 6) is 0.658. The molecule has 0 radical (unpaired) electrons. The molecule has 0 atom stereocenters. The van der Waals surface area contributed by atoms with Gasteiger partial charge in [-0.15, -0.1) is 0 Å². The molecule has 0 aliphatic rings. The van der Waals surface area contributed by atoms with Crippen molar-refractivity contribution in [3.63, 3.8) is 0 Å². The van der Waals surface area contributed by atoms with E-state index in [9.17, 15) is 4.79 Å². The monoisotopic (exact) mass is 348 g/mol. The van der Waals surface area contributed by atoms with E-state index in [1.165, 1.54) is 14.2 Å². The van der Waals surface area contributed by atoms with Gasteiger partial charge in [-0.25, -0.2) is 0 Å². The topological polar surface area (TPSA) is 73.6 Å². The van der Waals surface area contributed by atoms with Crippen LogP contribution in [0.5, 0.6) is 11.5 Å². The first kappa shape index (κ1) is 17.4. The summed E-state index contributed by atoms with van der Waals surface area (Å²) in [5, 5.41) is 2.88. The molecule has 132 valence electrons. The zero-order chi connectivity index (χ0) is 18.5. The predicted octanol–water partition coefficient (Wildman–Crippen LogP) is 4.21. The van der Waals surface area contributed by atoms with Crippen molar-refractivity contribution in [2.24, 2.45) is 0 Å². The molecule has 5 nitrogen and oxygen atoms in total. The highest BCUT2D eigenvalue weighted by Crippen LogP contribution is 2.31. The zero-order valence-electron chi connectivity index (χ0n) is 14.7. The van der Waals surface area contributed by atoms with Crippen LogP contribution in [-0.2, 0) is 0 Å². The Morgan fingerprint density at radius 3 is 2.04 bits per heavy atom. The quantitative estimate of drug-likeness (QED) is 0.678. The first-order valence-corrected chi connectivity index (χ1v) is 8.10. The minimum absolute atomic E-state index is 0.263. The molecule has 0 aliphatic carbocycles. The summed E-state index contributed by atoms with van der Waals surface area (Å²) in [6, 6.07) is 20.4. The lowest BCUT2D eigenvalue weighted by molar-refractivity contribution is 0.102. The van der Waals surface area contributed by atoms with Crippen LogP contribution in [0.1, 0.15) is 10.4 Å². The average Bonchev–Trinajstić information content (AvgIpc) is 2.68. The van der Waals surface area contributed by atoms with E-state index in [0.717, 1.165) is 16.8 Å². The van der Waals surface area contributed by atoms with Crippen molar-refractivity contribution >= 4 is 17.3 Å². The Morgan fingerprint density at radius 2 is 1.46 bits per heavy atom. The molecule has 0 heterocycles. The van der Waals surface area contributed by atoms with E-state index in [1.54, 1.807) is 18.2 Å². The van der Waals surface area contributed by atoms with Crippen LogP contribution < -0.4 is 20.5 Å². The molecule has 0 spiro atoms. The fourth-order valence-corrected chi connectivity index (χ4v) is 2.69. The summed E-state index contributed by atoms with van der Waals surface area (Å²) in [6.07, 6.45) is 0. The van der Waals surface area contributed by atoms with Gasteiger partial charge in [0.1, 0.15) is 0 Å². The van der Waals surface area contributed by atoms with Crippen molar-refractivity contribution in [1.82, 2.24) is 0 Å². The van der Waals surface area contributed by atoms with E-state index < -0.39 is 0 Å². The van der Waals surface area contributed by atoms with Crippen molar-refractivity contribution in [2.75, 3.05) is 25.3 Å². The molecular weight excluding hydrogens is 328 g/mol. The molecule has 3 rings (SSSR count). The first-order valence-electron chi connectivity index (χ1n) is 8.10. The second kappa shape index (κ2) is 7.61. The molecule has 0 fully saturated rings. The molecule has 0 bridgehead atoms. The van der Waals surface area contributed by atoms with E-state index in [1.807, 2.05) is 48.5 Å². The van der Waals surface area contributed by atoms with Gasteiger partial charge in [-0.3, -0.25) is 4.79 Å². The number of carbonyl (C=O) groups is 1. The second-order valence-electron chi connectivity index (χ2n) is 5.69. The maximum absolute atomic E-state index is 12.6. The van der Waals surface area contributed by atoms with Gasteiger partial charge < -0.3 is 20.5 Å². The number of amides is 1. The average molecular weight is 348 g/mol. The van der Waals surface area contributed by atoms with Gasteiger partial charge in [0.05, 0.1) is 19.8 Å². The van der Waals surface area contributed by atoms with Crippen molar-refractivity contribution in [1.29, 1.82) is 0 Å². The number of rotatable bonds is 5. The Labute approximate surface area is 152 Å². The summed E-state index contributed by atoms with van der Waals surface area (Å²) in [5.41, 5.74) is 9.65. The van der Waals surface area contributed by atoms with Crippen LogP contribution in [0.2, 0.25) is 0 Å². The Bertz CT molecular complexity index is 904. The van der Waals surface area contributed by atoms with Gasteiger partial charge in [-0.1, -0.05) is 30.3 Å². The molecule has 26 heavy (non-hydrogen) atoms. The number of ether oxygens (including phenoxy) is 2. The number of hydrogen-bond acceptors (Lipinski definition) is 4. The van der Waals surface area contributed by atoms with E-state index in [-0.39, 0.29) is 5.91 Å². The predicted molar refractivity (Wildman–Crippen MR) is 104 cm³/mol. The van der Waals surface area contributed by atoms with Crippen LogP contribution in [0.15, 0.2) is 66.7 Å². The van der Waals surface area contributed by atoms with Crippen molar-refractivity contribution in [3.05, 3.63) is 72.3 Å². The van der Waals surface area contributed by atoms with E-state index >= 15 is 0 Å². The Balaban J connectivity index is 1.79. The molecule has 0 saturated heterocycles. The number of para-hydroxylation sites is 1. The number of carbonyl (C=O) groups excluding carboxylic acids is 1. The number of nitrogen functional groups attached to an aromatic ring is 1. The third-order valence-corrected chi connectivity index (χ3v) is 4.03. The van der Waals surface area contributed by atoms with Crippen molar-refractivity contribution in [3.8, 4) is 22.6 Å². The number of benzene rings is 3. The zero-order valence-corrected chi connectivity index (χ0v) is 14.7. The van der Waals surface area contributed by atoms with Crippen LogP contribution in [0.25, 0.3) is 11.1 Å². The fraction of sp³-hybridized carbons (Fsp3) is 0.0952. The maximum Gasteiger partial charge on any atom is 0.259 e. The molecule has 0 aliphatic heterocycles. The molecule has 3 aromatic rings. The first-order chi connectivity index (χ1) is 12.6. The number of anilines is 2. The van der Waals surface area contributed by atoms with Gasteiger partial charge >= 0.3 is 0 Å². The maximum atomic E-state index is 12.6. The normalized spacial score (nSPS) is 10.2. The lowest BCUT2D eigenvalue weighted by atomic mass is 10.0. The number of hydrogen-bond donors (Lipinski definition) is 2. The summed E-state index contributed by atoms with van der Waals surface area (Å²) >= 11 is 0. The van der Waals surface area contributed by atoms with Gasteiger partial charge in [0, 0.05) is 11.4 Å². The van der Waals surface area contributed by atoms with Crippen LogP contribution >= 0.6 is 0 Å². The van der Waals surface area contributed by atoms with Crippen LogP contribution in [0, 0.1) is 0 Å². The smallest absolute Gasteiger partial charge is 0.259 e. The largest absolute Gasteiger partial charge is 0.493 e. The highest BCUT2D eigenvalue weighted by atomic mass is 16.5. The van der Waals surface area contributed by atoms with E-state index in [0.29, 0.717) is 22.7 Å². The molecule has 0 unspecified atom stereocenters. The van der Waals surface area contributed by atoms with Crippen molar-refractivity contribution in [2.45, 2.75) is 0 Å². The van der Waals surface area contributed by atoms with Gasteiger partial charge in [-0.2, -0.15) is 0 Å². The molecule has 1 amide bonds. The minimum atomic E-state index is -0.263. The standard InChI is InChI=1S/C21H20N2O3/c1-25-19-5-3-4-18(20(19)26-2)21(24)23-17-12-8-15(9-13-17)14-6-10-16(22)11-7-14/h3-13H,22H2,1-2H3,(H,23,24). The molecule has 5 heteroatoms. The Morgan fingerprint density at radius 1 is 0.846 bits per heavy atom. The van der Waals surface area contributed by atoms with E-state index in [2.05, 4.69) is 5.32 Å². The highest BCUT2D eigenvalue weighted by Gasteiger charge is 2.16. The highest BCUT2D eigenvalue weighted by molar-refractivity contribution is 6.06. The number of methoxy groups -OCH3 is 2. The third-order valence-electron chi connectivity index (χ3n) is 4.03. The molecule has 0 saturated carbocycles. The van der Waals surface area contributed by atoms with Crippen LogP contribution in [0.3, 0.4) is 0 Å². The fourth-order valence-electron chi connectivity index (χ4n) is 2.69. The SMILES string of the molecule is COc1cccc(C(=O)Nc2ccc(-c3ccc(N)cc3)cc2)c1OC. The van der Waals surface area contributed by atoms with Crippen molar-refractivity contribution < 1.29 is 14.3 Å². The summed E-state index contributed by atoms with van der Waals surface area (Å²) < 4.78 is 10.6. The van der Waals surface area contributed by atoms with Gasteiger partial charge in [-0.05, 0) is 47.5 Å². The number of nitrogens with two attached hydrogens (primary N) is 1. The lowest BCUT2D eigenvalue weighted by Gasteiger charge is -2.13. The third kappa shape index (κ3) is 3.62. The molecule has 0 aromatic heterocycles. The van der Waals surface area contributed by atoms with E-state index in [4.69, 9.17) is 15.2 Å². The summed E-state index contributed by atoms with van der Waals surface area (Å²) in [6.45, 7) is 0. The van der Waals surface area contributed by atoms with Gasteiger partial charge in [0.25, 0.3) is 5.91 Å². The van der Waals surface area contributed by atoms with Gasteiger partial charge in [0.2, 0.25) is 0 Å². The van der Waals surface area contributed by atoms with Crippen LogP contribution in [-0.4, -0.2) is 20.1 Å². The summed E-state index contributed by atoms with van der Waals surface area (Å²) in [7, 11) is 3.05. The minimum Gasteiger partial charge on any atom is -0.493 e.